The van der Waals surface area contributed by atoms with Gasteiger partial charge in [-0.25, -0.2) is 13.1 Å². The molecule has 1 aliphatic rings. The van der Waals surface area contributed by atoms with Crippen LogP contribution in [0.15, 0.2) is 51.8 Å². The second-order valence-electron chi connectivity index (χ2n) is 7.58. The second kappa shape index (κ2) is 8.65. The molecule has 2 aromatic carbocycles. The second-order valence-corrected chi connectivity index (χ2v) is 9.35. The van der Waals surface area contributed by atoms with E-state index in [2.05, 4.69) is 14.6 Å². The summed E-state index contributed by atoms with van der Waals surface area (Å²) in [5, 5.41) is 0. The molecule has 0 bridgehead atoms. The third-order valence-corrected chi connectivity index (χ3v) is 6.75. The molecule has 8 heteroatoms. The van der Waals surface area contributed by atoms with Gasteiger partial charge in [-0.1, -0.05) is 19.1 Å². The van der Waals surface area contributed by atoms with Gasteiger partial charge in [-0.15, -0.1) is 0 Å². The summed E-state index contributed by atoms with van der Waals surface area (Å²) in [5.74, 6) is 0.716. The molecule has 4 rings (SSSR count). The van der Waals surface area contributed by atoms with Crippen LogP contribution in [0.25, 0.3) is 11.1 Å². The first-order valence-corrected chi connectivity index (χ1v) is 11.8. The molecule has 1 aliphatic heterocycles. The number of hydrogen-bond donors (Lipinski definition) is 1. The maximum atomic E-state index is 12.8. The average Bonchev–Trinajstić information content (AvgIpc) is 3.37. The van der Waals surface area contributed by atoms with E-state index in [0.29, 0.717) is 24.9 Å². The van der Waals surface area contributed by atoms with E-state index in [1.165, 1.54) is 0 Å². The quantitative estimate of drug-likeness (QED) is 0.585. The van der Waals surface area contributed by atoms with Gasteiger partial charge in [0.25, 0.3) is 6.01 Å². The molecule has 7 nitrogen and oxygen atoms in total. The van der Waals surface area contributed by atoms with Crippen molar-refractivity contribution in [3.05, 3.63) is 48.0 Å². The van der Waals surface area contributed by atoms with E-state index in [1.54, 1.807) is 18.2 Å². The van der Waals surface area contributed by atoms with Crippen LogP contribution in [-0.4, -0.2) is 39.1 Å². The van der Waals surface area contributed by atoms with Crippen molar-refractivity contribution in [1.29, 1.82) is 0 Å². The number of aromatic nitrogens is 1. The molecule has 30 heavy (non-hydrogen) atoms. The highest BCUT2D eigenvalue weighted by molar-refractivity contribution is 7.89. The van der Waals surface area contributed by atoms with E-state index in [0.717, 1.165) is 42.5 Å². The highest BCUT2D eigenvalue weighted by Crippen LogP contribution is 2.28. The van der Waals surface area contributed by atoms with Crippen LogP contribution < -0.4 is 14.4 Å². The minimum absolute atomic E-state index is 0.00101. The normalized spacial score (nSPS) is 17.0. The lowest BCUT2D eigenvalue weighted by Crippen LogP contribution is -2.40. The summed E-state index contributed by atoms with van der Waals surface area (Å²) in [7, 11) is -3.62. The molecule has 0 radical (unpaired) electrons. The number of para-hydroxylation sites is 2. The van der Waals surface area contributed by atoms with Gasteiger partial charge in [0.1, 0.15) is 11.3 Å². The largest absolute Gasteiger partial charge is 0.493 e. The van der Waals surface area contributed by atoms with Gasteiger partial charge in [0.15, 0.2) is 5.58 Å². The molecule has 1 N–H and O–H groups in total. The predicted octanol–water partition coefficient (Wildman–Crippen LogP) is 3.87. The van der Waals surface area contributed by atoms with E-state index in [4.69, 9.17) is 9.15 Å². The minimum Gasteiger partial charge on any atom is -0.493 e. The molecule has 3 aromatic rings. The molecule has 1 saturated heterocycles. The Morgan fingerprint density at radius 2 is 2.10 bits per heavy atom. The SMILES string of the molecule is CCCOc1ccc(S(=O)(=O)NCC2CCCN2c2nc3ccccc3o2)cc1C. The van der Waals surface area contributed by atoms with Crippen molar-refractivity contribution >= 4 is 27.1 Å². The Balaban J connectivity index is 1.45. The summed E-state index contributed by atoms with van der Waals surface area (Å²) in [5.41, 5.74) is 2.35. The van der Waals surface area contributed by atoms with Crippen LogP contribution in [0, 0.1) is 6.92 Å². The lowest BCUT2D eigenvalue weighted by molar-refractivity contribution is 0.315. The number of nitrogens with zero attached hydrogens (tertiary/aromatic N) is 2. The van der Waals surface area contributed by atoms with Crippen molar-refractivity contribution in [3.8, 4) is 5.75 Å². The summed E-state index contributed by atoms with van der Waals surface area (Å²) in [6, 6.07) is 13.1. The molecular formula is C22H27N3O4S. The topological polar surface area (TPSA) is 84.7 Å². The van der Waals surface area contributed by atoms with Gasteiger partial charge in [0, 0.05) is 19.1 Å². The van der Waals surface area contributed by atoms with Gasteiger partial charge in [-0.05, 0) is 62.1 Å². The average molecular weight is 430 g/mol. The van der Waals surface area contributed by atoms with Gasteiger partial charge in [0.05, 0.1) is 11.5 Å². The zero-order valence-electron chi connectivity index (χ0n) is 17.3. The summed E-state index contributed by atoms with van der Waals surface area (Å²) < 4.78 is 40.0. The molecule has 0 spiro atoms. The molecule has 0 saturated carbocycles. The lowest BCUT2D eigenvalue weighted by Gasteiger charge is -2.23. The highest BCUT2D eigenvalue weighted by Gasteiger charge is 2.30. The third kappa shape index (κ3) is 4.29. The van der Waals surface area contributed by atoms with Crippen molar-refractivity contribution in [2.24, 2.45) is 0 Å². The van der Waals surface area contributed by atoms with Crippen LogP contribution in [0.4, 0.5) is 6.01 Å². The zero-order valence-corrected chi connectivity index (χ0v) is 18.1. The first-order chi connectivity index (χ1) is 14.5. The number of ether oxygens (including phenoxy) is 1. The van der Waals surface area contributed by atoms with Crippen LogP contribution in [-0.2, 0) is 10.0 Å². The first kappa shape index (κ1) is 20.7. The highest BCUT2D eigenvalue weighted by atomic mass is 32.2. The molecular weight excluding hydrogens is 402 g/mol. The molecule has 1 fully saturated rings. The zero-order chi connectivity index (χ0) is 21.1. The van der Waals surface area contributed by atoms with Gasteiger partial charge >= 0.3 is 0 Å². The van der Waals surface area contributed by atoms with Gasteiger partial charge in [-0.3, -0.25) is 0 Å². The number of rotatable bonds is 8. The van der Waals surface area contributed by atoms with Crippen molar-refractivity contribution in [1.82, 2.24) is 9.71 Å². The van der Waals surface area contributed by atoms with Gasteiger partial charge < -0.3 is 14.1 Å². The van der Waals surface area contributed by atoms with Crippen molar-refractivity contribution < 1.29 is 17.6 Å². The van der Waals surface area contributed by atoms with E-state index in [9.17, 15) is 8.42 Å². The van der Waals surface area contributed by atoms with Crippen LogP contribution in [0.2, 0.25) is 0 Å². The molecule has 0 amide bonds. The number of nitrogens with one attached hydrogen (secondary N) is 1. The number of hydrogen-bond acceptors (Lipinski definition) is 6. The Kier molecular flexibility index (Phi) is 5.97. The standard InChI is InChI=1S/C22H27N3O4S/c1-3-13-28-20-11-10-18(14-16(20)2)30(26,27)23-15-17-7-6-12-25(17)22-24-19-8-4-5-9-21(19)29-22/h4-5,8-11,14,17,23H,3,6-7,12-13,15H2,1-2H3. The lowest BCUT2D eigenvalue weighted by atomic mass is 10.2. The fourth-order valence-electron chi connectivity index (χ4n) is 3.73. The summed E-state index contributed by atoms with van der Waals surface area (Å²) >= 11 is 0. The maximum Gasteiger partial charge on any atom is 0.298 e. The molecule has 1 unspecified atom stereocenters. The Morgan fingerprint density at radius 1 is 1.27 bits per heavy atom. The predicted molar refractivity (Wildman–Crippen MR) is 117 cm³/mol. The molecule has 1 atom stereocenters. The molecule has 0 aliphatic carbocycles. The summed E-state index contributed by atoms with van der Waals surface area (Å²) in [4.78, 5) is 6.86. The number of aryl methyl sites for hydroxylation is 1. The van der Waals surface area contributed by atoms with E-state index >= 15 is 0 Å². The fraction of sp³-hybridized carbons (Fsp3) is 0.409. The number of sulfonamides is 1. The van der Waals surface area contributed by atoms with Crippen LogP contribution in [0.3, 0.4) is 0 Å². The van der Waals surface area contributed by atoms with Crippen molar-refractivity contribution in [2.45, 2.75) is 44.0 Å². The van der Waals surface area contributed by atoms with Gasteiger partial charge in [0.2, 0.25) is 10.0 Å². The van der Waals surface area contributed by atoms with Crippen LogP contribution in [0.1, 0.15) is 31.7 Å². The number of benzene rings is 2. The first-order valence-electron chi connectivity index (χ1n) is 10.3. The summed E-state index contributed by atoms with van der Waals surface area (Å²) in [6.45, 7) is 5.59. The number of oxazole rings is 1. The molecule has 1 aromatic heterocycles. The Hall–Kier alpha value is -2.58. The number of fused-ring (bicyclic) bond motifs is 1. The smallest absolute Gasteiger partial charge is 0.298 e. The Morgan fingerprint density at radius 3 is 2.87 bits per heavy atom. The maximum absolute atomic E-state index is 12.8. The van der Waals surface area contributed by atoms with E-state index < -0.39 is 10.0 Å². The van der Waals surface area contributed by atoms with E-state index in [1.807, 2.05) is 38.1 Å². The van der Waals surface area contributed by atoms with Gasteiger partial charge in [-0.2, -0.15) is 4.98 Å². The Labute approximate surface area is 177 Å². The van der Waals surface area contributed by atoms with Crippen molar-refractivity contribution in [2.75, 3.05) is 24.6 Å². The monoisotopic (exact) mass is 429 g/mol. The van der Waals surface area contributed by atoms with E-state index in [-0.39, 0.29) is 10.9 Å². The minimum atomic E-state index is -3.62. The third-order valence-electron chi connectivity index (χ3n) is 5.33. The van der Waals surface area contributed by atoms with Crippen LogP contribution in [0.5, 0.6) is 5.75 Å². The molecule has 2 heterocycles. The molecule has 160 valence electrons. The summed E-state index contributed by atoms with van der Waals surface area (Å²) in [6.07, 6.45) is 2.75. The fourth-order valence-corrected chi connectivity index (χ4v) is 4.89. The van der Waals surface area contributed by atoms with Crippen molar-refractivity contribution in [3.63, 3.8) is 0 Å². The van der Waals surface area contributed by atoms with Crippen LogP contribution >= 0.6 is 0 Å². The number of anilines is 1. The Bertz CT molecular complexity index is 1090.